The first-order valence-electron chi connectivity index (χ1n) is 6.47. The molecule has 1 aliphatic rings. The lowest BCUT2D eigenvalue weighted by atomic mass is 10.1. The van der Waals surface area contributed by atoms with Gasteiger partial charge < -0.3 is 19.7 Å². The van der Waals surface area contributed by atoms with Gasteiger partial charge in [0.25, 0.3) is 0 Å². The average molecular weight is 301 g/mol. The van der Waals surface area contributed by atoms with Crippen LogP contribution < -0.4 is 14.8 Å². The second kappa shape index (κ2) is 7.36. The number of carbonyl (C=O) groups is 1. The Hall–Kier alpha value is -1.46. The Morgan fingerprint density at radius 1 is 1.25 bits per heavy atom. The molecule has 0 saturated heterocycles. The highest BCUT2D eigenvalue weighted by molar-refractivity contribution is 5.93. The zero-order valence-corrected chi connectivity index (χ0v) is 12.9. The van der Waals surface area contributed by atoms with Crippen LogP contribution in [-0.2, 0) is 11.2 Å². The van der Waals surface area contributed by atoms with Gasteiger partial charge in [-0.15, -0.1) is 12.4 Å². The summed E-state index contributed by atoms with van der Waals surface area (Å²) in [6.45, 7) is 3.52. The van der Waals surface area contributed by atoms with Crippen LogP contribution in [0, 0.1) is 0 Å². The Kier molecular flexibility index (Phi) is 6.10. The third-order valence-electron chi connectivity index (χ3n) is 2.88. The van der Waals surface area contributed by atoms with Crippen molar-refractivity contribution in [2.45, 2.75) is 13.3 Å². The summed E-state index contributed by atoms with van der Waals surface area (Å²) in [6.07, 6.45) is 0.828. The Morgan fingerprint density at radius 2 is 1.85 bits per heavy atom. The molecule has 1 amide bonds. The molecule has 1 aromatic rings. The van der Waals surface area contributed by atoms with E-state index in [2.05, 4.69) is 5.32 Å². The molecule has 1 aliphatic heterocycles. The van der Waals surface area contributed by atoms with Crippen molar-refractivity contribution < 1.29 is 14.3 Å². The fraction of sp³-hybridized carbons (Fsp3) is 0.500. The molecule has 0 radical (unpaired) electrons. The molecule has 5 nitrogen and oxygen atoms in total. The molecule has 0 aliphatic carbocycles. The fourth-order valence-electron chi connectivity index (χ4n) is 2.02. The number of hydrogen-bond acceptors (Lipinski definition) is 4. The molecular weight excluding hydrogens is 280 g/mol. The number of carbonyl (C=O) groups excluding carboxylic acids is 1. The van der Waals surface area contributed by atoms with Gasteiger partial charge in [0.15, 0.2) is 11.5 Å². The number of nitrogens with zero attached hydrogens (tertiary/aromatic N) is 1. The minimum atomic E-state index is -0.0311. The van der Waals surface area contributed by atoms with Gasteiger partial charge in [0.2, 0.25) is 5.91 Å². The van der Waals surface area contributed by atoms with Crippen LogP contribution in [0.25, 0.3) is 0 Å². The smallest absolute Gasteiger partial charge is 0.238 e. The van der Waals surface area contributed by atoms with Crippen molar-refractivity contribution in [3.8, 4) is 11.5 Å². The monoisotopic (exact) mass is 300 g/mol. The summed E-state index contributed by atoms with van der Waals surface area (Å²) in [6, 6.07) is 3.79. The fourth-order valence-corrected chi connectivity index (χ4v) is 2.02. The van der Waals surface area contributed by atoms with E-state index in [0.29, 0.717) is 25.5 Å². The third-order valence-corrected chi connectivity index (χ3v) is 2.88. The summed E-state index contributed by atoms with van der Waals surface area (Å²) in [7, 11) is 3.73. The highest BCUT2D eigenvalue weighted by Crippen LogP contribution is 2.35. The highest BCUT2D eigenvalue weighted by atomic mass is 35.5. The van der Waals surface area contributed by atoms with E-state index in [1.807, 2.05) is 38.1 Å². The number of amides is 1. The van der Waals surface area contributed by atoms with E-state index in [1.165, 1.54) is 0 Å². The normalized spacial score (nSPS) is 12.8. The van der Waals surface area contributed by atoms with E-state index in [0.717, 1.165) is 23.4 Å². The van der Waals surface area contributed by atoms with Crippen molar-refractivity contribution in [1.29, 1.82) is 0 Å². The predicted octanol–water partition coefficient (Wildman–Crippen LogP) is 1.94. The lowest BCUT2D eigenvalue weighted by Crippen LogP contribution is -2.27. The maximum atomic E-state index is 11.8. The molecule has 0 fully saturated rings. The minimum absolute atomic E-state index is 0. The zero-order chi connectivity index (χ0) is 13.8. The summed E-state index contributed by atoms with van der Waals surface area (Å²) in [5, 5.41) is 2.93. The molecule has 6 heteroatoms. The molecule has 2 rings (SSSR count). The Labute approximate surface area is 125 Å². The second-order valence-corrected chi connectivity index (χ2v) is 4.79. The van der Waals surface area contributed by atoms with Gasteiger partial charge in [-0.05, 0) is 32.1 Å². The van der Waals surface area contributed by atoms with Crippen molar-refractivity contribution >= 4 is 24.0 Å². The van der Waals surface area contributed by atoms with Crippen LogP contribution in [0.2, 0.25) is 0 Å². The molecule has 0 aromatic heterocycles. The van der Waals surface area contributed by atoms with Gasteiger partial charge in [-0.3, -0.25) is 4.79 Å². The number of anilines is 1. The lowest BCUT2D eigenvalue weighted by molar-refractivity contribution is -0.116. The number of halogens is 1. The van der Waals surface area contributed by atoms with E-state index >= 15 is 0 Å². The van der Waals surface area contributed by atoms with Gasteiger partial charge in [-0.1, -0.05) is 6.92 Å². The van der Waals surface area contributed by atoms with Crippen LogP contribution in [-0.4, -0.2) is 44.7 Å². The molecule has 1 aromatic carbocycles. The summed E-state index contributed by atoms with van der Waals surface area (Å²) < 4.78 is 11.1. The summed E-state index contributed by atoms with van der Waals surface area (Å²) in [4.78, 5) is 13.7. The molecule has 1 N–H and O–H groups in total. The number of ether oxygens (including phenoxy) is 2. The number of aryl methyl sites for hydroxylation is 1. The highest BCUT2D eigenvalue weighted by Gasteiger charge is 2.16. The largest absolute Gasteiger partial charge is 0.486 e. The van der Waals surface area contributed by atoms with Crippen molar-refractivity contribution in [3.05, 3.63) is 17.7 Å². The van der Waals surface area contributed by atoms with Gasteiger partial charge in [-0.2, -0.15) is 0 Å². The van der Waals surface area contributed by atoms with Crippen molar-refractivity contribution in [2.75, 3.05) is 39.2 Å². The van der Waals surface area contributed by atoms with E-state index in [-0.39, 0.29) is 18.3 Å². The van der Waals surface area contributed by atoms with E-state index in [1.54, 1.807) is 0 Å². The number of hydrogen-bond donors (Lipinski definition) is 1. The number of nitrogens with one attached hydrogen (secondary N) is 1. The third kappa shape index (κ3) is 4.02. The predicted molar refractivity (Wildman–Crippen MR) is 81.2 cm³/mol. The summed E-state index contributed by atoms with van der Waals surface area (Å²) in [5.41, 5.74) is 1.86. The maximum absolute atomic E-state index is 11.8. The first-order valence-corrected chi connectivity index (χ1v) is 6.47. The number of fused-ring (bicyclic) bond motifs is 1. The molecule has 0 spiro atoms. The van der Waals surface area contributed by atoms with E-state index in [9.17, 15) is 4.79 Å². The van der Waals surface area contributed by atoms with Gasteiger partial charge >= 0.3 is 0 Å². The van der Waals surface area contributed by atoms with E-state index in [4.69, 9.17) is 9.47 Å². The average Bonchev–Trinajstić information content (AvgIpc) is 2.36. The van der Waals surface area contributed by atoms with Crippen molar-refractivity contribution in [1.82, 2.24) is 4.90 Å². The number of likely N-dealkylation sites (N-methyl/N-ethyl adjacent to an activating group) is 1. The quantitative estimate of drug-likeness (QED) is 0.923. The summed E-state index contributed by atoms with van der Waals surface area (Å²) in [5.74, 6) is 1.42. The molecule has 20 heavy (non-hydrogen) atoms. The van der Waals surface area contributed by atoms with Crippen LogP contribution >= 0.6 is 12.4 Å². The summed E-state index contributed by atoms with van der Waals surface area (Å²) >= 11 is 0. The Morgan fingerprint density at radius 3 is 2.40 bits per heavy atom. The molecule has 1 heterocycles. The van der Waals surface area contributed by atoms with Crippen molar-refractivity contribution in [3.63, 3.8) is 0 Å². The maximum Gasteiger partial charge on any atom is 0.238 e. The topological polar surface area (TPSA) is 50.8 Å². The Balaban J connectivity index is 0.00000200. The first kappa shape index (κ1) is 16.6. The molecule has 0 unspecified atom stereocenters. The zero-order valence-electron chi connectivity index (χ0n) is 12.1. The number of rotatable bonds is 4. The second-order valence-electron chi connectivity index (χ2n) is 4.79. The standard InChI is InChI=1S/C14H20N2O3.ClH/c1-4-10-7-12-13(19-6-5-18-12)8-11(10)15-14(17)9-16(2)3;/h7-8H,4-6,9H2,1-3H3,(H,15,17);1H. The molecular formula is C14H21ClN2O3. The van der Waals surface area contributed by atoms with Gasteiger partial charge in [-0.25, -0.2) is 0 Å². The van der Waals surface area contributed by atoms with Crippen molar-refractivity contribution in [2.24, 2.45) is 0 Å². The number of benzene rings is 1. The van der Waals surface area contributed by atoms with Crippen LogP contribution in [0.4, 0.5) is 5.69 Å². The van der Waals surface area contributed by atoms with Gasteiger partial charge in [0.1, 0.15) is 13.2 Å². The first-order chi connectivity index (χ1) is 9.10. The molecule has 0 saturated carbocycles. The lowest BCUT2D eigenvalue weighted by Gasteiger charge is -2.21. The molecule has 112 valence electrons. The molecule has 0 bridgehead atoms. The van der Waals surface area contributed by atoms with Crippen LogP contribution in [0.5, 0.6) is 11.5 Å². The Bertz CT molecular complexity index is 478. The van der Waals surface area contributed by atoms with Crippen LogP contribution in [0.15, 0.2) is 12.1 Å². The van der Waals surface area contributed by atoms with Gasteiger partial charge in [0.05, 0.1) is 6.54 Å². The van der Waals surface area contributed by atoms with E-state index < -0.39 is 0 Å². The minimum Gasteiger partial charge on any atom is -0.486 e. The molecule has 0 atom stereocenters. The van der Waals surface area contributed by atoms with Gasteiger partial charge in [0, 0.05) is 11.8 Å². The van der Waals surface area contributed by atoms with Crippen LogP contribution in [0.1, 0.15) is 12.5 Å². The SMILES string of the molecule is CCc1cc2c(cc1NC(=O)CN(C)C)OCCO2.Cl. The van der Waals surface area contributed by atoms with Crippen LogP contribution in [0.3, 0.4) is 0 Å².